The van der Waals surface area contributed by atoms with Gasteiger partial charge in [0.2, 0.25) is 0 Å². The van der Waals surface area contributed by atoms with E-state index >= 15 is 0 Å². The van der Waals surface area contributed by atoms with E-state index in [1.165, 1.54) is 6.07 Å². The molecule has 0 aliphatic heterocycles. The number of carboxylic acids is 1. The van der Waals surface area contributed by atoms with Crippen LogP contribution in [-0.4, -0.2) is 37.7 Å². The van der Waals surface area contributed by atoms with Gasteiger partial charge in [0, 0.05) is 12.0 Å². The monoisotopic (exact) mass is 375 g/mol. The fraction of sp³-hybridized carbons (Fsp3) is 0.300. The smallest absolute Gasteiger partial charge is 0.335 e. The minimum Gasteiger partial charge on any atom is -0.493 e. The number of carboxylic acid groups (broad SMARTS) is 1. The summed E-state index contributed by atoms with van der Waals surface area (Å²) in [4.78, 5) is 23.2. The summed E-state index contributed by atoms with van der Waals surface area (Å²) >= 11 is 0. The average Bonchev–Trinajstić information content (AvgIpc) is 2.65. The van der Waals surface area contributed by atoms with Crippen LogP contribution in [0.5, 0.6) is 11.5 Å². The number of hydrogen-bond acceptors (Lipinski definition) is 4. The van der Waals surface area contributed by atoms with Gasteiger partial charge in [-0.25, -0.2) is 9.18 Å². The molecule has 0 bridgehead atoms. The van der Waals surface area contributed by atoms with Crippen molar-refractivity contribution in [2.24, 2.45) is 0 Å². The Kier molecular flexibility index (Phi) is 6.05. The molecule has 2 N–H and O–H groups in total. The first-order valence-electron chi connectivity index (χ1n) is 8.23. The Morgan fingerprint density at radius 2 is 1.74 bits per heavy atom. The highest BCUT2D eigenvalue weighted by molar-refractivity contribution is 5.96. The standard InChI is InChI=1S/C20H22FNO5/c1-20(2,13-6-8-16(26-3)17(10-13)27-4)11-22-18(23)14-7-5-12(19(24)25)9-15(14)21/h5-10H,11H2,1-4H3,(H,22,23)(H,24,25). The maximum Gasteiger partial charge on any atom is 0.335 e. The molecule has 0 fully saturated rings. The van der Waals surface area contributed by atoms with Gasteiger partial charge in [0.15, 0.2) is 11.5 Å². The van der Waals surface area contributed by atoms with Gasteiger partial charge < -0.3 is 19.9 Å². The Hall–Kier alpha value is -3.09. The molecule has 6 nitrogen and oxygen atoms in total. The summed E-state index contributed by atoms with van der Waals surface area (Å²) in [6.45, 7) is 4.10. The van der Waals surface area contributed by atoms with Crippen molar-refractivity contribution >= 4 is 11.9 Å². The van der Waals surface area contributed by atoms with Crippen molar-refractivity contribution in [1.82, 2.24) is 5.32 Å². The van der Waals surface area contributed by atoms with E-state index in [4.69, 9.17) is 14.6 Å². The zero-order valence-electron chi connectivity index (χ0n) is 15.6. The summed E-state index contributed by atoms with van der Waals surface area (Å²) in [6.07, 6.45) is 0. The van der Waals surface area contributed by atoms with Gasteiger partial charge in [-0.05, 0) is 35.9 Å². The molecule has 2 aromatic rings. The number of rotatable bonds is 7. The zero-order chi connectivity index (χ0) is 20.2. The molecule has 0 aliphatic rings. The van der Waals surface area contributed by atoms with Crippen LogP contribution >= 0.6 is 0 Å². The van der Waals surface area contributed by atoms with Gasteiger partial charge in [0.25, 0.3) is 5.91 Å². The van der Waals surface area contributed by atoms with Crippen LogP contribution in [-0.2, 0) is 5.41 Å². The number of benzene rings is 2. The fourth-order valence-electron chi connectivity index (χ4n) is 2.59. The minimum atomic E-state index is -1.25. The lowest BCUT2D eigenvalue weighted by molar-refractivity contribution is 0.0695. The number of amides is 1. The Labute approximate surface area is 156 Å². The van der Waals surface area contributed by atoms with E-state index in [0.29, 0.717) is 11.5 Å². The molecule has 144 valence electrons. The zero-order valence-corrected chi connectivity index (χ0v) is 15.6. The first-order valence-corrected chi connectivity index (χ1v) is 8.23. The van der Waals surface area contributed by atoms with E-state index in [9.17, 15) is 14.0 Å². The predicted molar refractivity (Wildman–Crippen MR) is 98.3 cm³/mol. The van der Waals surface area contributed by atoms with Crippen LogP contribution in [0.1, 0.15) is 40.1 Å². The largest absolute Gasteiger partial charge is 0.493 e. The second-order valence-corrected chi connectivity index (χ2v) is 6.64. The molecule has 2 aromatic carbocycles. The van der Waals surface area contributed by atoms with Crippen LogP contribution in [0.4, 0.5) is 4.39 Å². The maximum atomic E-state index is 14.0. The molecular formula is C20H22FNO5. The van der Waals surface area contributed by atoms with Crippen molar-refractivity contribution in [3.8, 4) is 11.5 Å². The number of nitrogens with one attached hydrogen (secondary N) is 1. The number of methoxy groups -OCH3 is 2. The SMILES string of the molecule is COc1ccc(C(C)(C)CNC(=O)c2ccc(C(=O)O)cc2F)cc1OC. The number of carbonyl (C=O) groups excluding carboxylic acids is 1. The van der Waals surface area contributed by atoms with Gasteiger partial charge in [-0.3, -0.25) is 4.79 Å². The summed E-state index contributed by atoms with van der Waals surface area (Å²) in [5.74, 6) is -1.57. The number of halogens is 1. The second-order valence-electron chi connectivity index (χ2n) is 6.64. The molecule has 0 saturated carbocycles. The van der Waals surface area contributed by atoms with Gasteiger partial charge in [-0.15, -0.1) is 0 Å². The van der Waals surface area contributed by atoms with Crippen molar-refractivity contribution < 1.29 is 28.6 Å². The van der Waals surface area contributed by atoms with E-state index in [1.807, 2.05) is 26.0 Å². The molecule has 27 heavy (non-hydrogen) atoms. The highest BCUT2D eigenvalue weighted by Crippen LogP contribution is 2.33. The molecule has 0 radical (unpaired) electrons. The van der Waals surface area contributed by atoms with Gasteiger partial charge >= 0.3 is 5.97 Å². The molecule has 2 rings (SSSR count). The molecule has 0 aliphatic carbocycles. The Morgan fingerprint density at radius 1 is 1.07 bits per heavy atom. The van der Waals surface area contributed by atoms with Crippen molar-refractivity contribution in [2.75, 3.05) is 20.8 Å². The summed E-state index contributed by atoms with van der Waals surface area (Å²) in [6, 6.07) is 8.67. The molecule has 0 atom stereocenters. The lowest BCUT2D eigenvalue weighted by atomic mass is 9.84. The number of aromatic carboxylic acids is 1. The highest BCUT2D eigenvalue weighted by Gasteiger charge is 2.24. The Bertz CT molecular complexity index is 863. The normalized spacial score (nSPS) is 11.0. The molecule has 0 unspecified atom stereocenters. The van der Waals surface area contributed by atoms with Crippen molar-refractivity contribution in [2.45, 2.75) is 19.3 Å². The Morgan fingerprint density at radius 3 is 2.30 bits per heavy atom. The second kappa shape index (κ2) is 8.07. The summed E-state index contributed by atoms with van der Waals surface area (Å²) < 4.78 is 24.6. The number of ether oxygens (including phenoxy) is 2. The van der Waals surface area contributed by atoms with E-state index in [2.05, 4.69) is 5.32 Å². The molecule has 0 saturated heterocycles. The first-order chi connectivity index (χ1) is 12.7. The van der Waals surface area contributed by atoms with Crippen LogP contribution in [0.3, 0.4) is 0 Å². The van der Waals surface area contributed by atoms with Gasteiger partial charge in [-0.2, -0.15) is 0 Å². The highest BCUT2D eigenvalue weighted by atomic mass is 19.1. The number of hydrogen-bond donors (Lipinski definition) is 2. The summed E-state index contributed by atoms with van der Waals surface area (Å²) in [5.41, 5.74) is 0.0205. The van der Waals surface area contributed by atoms with Gasteiger partial charge in [0.1, 0.15) is 5.82 Å². The third kappa shape index (κ3) is 4.55. The fourth-order valence-corrected chi connectivity index (χ4v) is 2.59. The summed E-state index contributed by atoms with van der Waals surface area (Å²) in [5, 5.41) is 11.6. The van der Waals surface area contributed by atoms with Crippen LogP contribution in [0.25, 0.3) is 0 Å². The minimum absolute atomic E-state index is 0.205. The topological polar surface area (TPSA) is 84.9 Å². The molecule has 0 spiro atoms. The molecular weight excluding hydrogens is 353 g/mol. The molecule has 0 aromatic heterocycles. The van der Waals surface area contributed by atoms with Crippen LogP contribution < -0.4 is 14.8 Å². The number of carbonyl (C=O) groups is 2. The van der Waals surface area contributed by atoms with E-state index in [1.54, 1.807) is 20.3 Å². The maximum absolute atomic E-state index is 14.0. The van der Waals surface area contributed by atoms with Crippen molar-refractivity contribution in [1.29, 1.82) is 0 Å². The third-order valence-corrected chi connectivity index (χ3v) is 4.32. The molecule has 0 heterocycles. The van der Waals surface area contributed by atoms with Crippen LogP contribution in [0, 0.1) is 5.82 Å². The lowest BCUT2D eigenvalue weighted by Crippen LogP contribution is -2.37. The van der Waals surface area contributed by atoms with E-state index < -0.39 is 23.1 Å². The average molecular weight is 375 g/mol. The first kappa shape index (κ1) is 20.2. The molecule has 7 heteroatoms. The van der Waals surface area contributed by atoms with Crippen molar-refractivity contribution in [3.05, 3.63) is 58.9 Å². The predicted octanol–water partition coefficient (Wildman–Crippen LogP) is 3.25. The van der Waals surface area contributed by atoms with Gasteiger partial charge in [0.05, 0.1) is 25.3 Å². The van der Waals surface area contributed by atoms with E-state index in [-0.39, 0.29) is 17.7 Å². The van der Waals surface area contributed by atoms with E-state index in [0.717, 1.165) is 17.7 Å². The summed E-state index contributed by atoms with van der Waals surface area (Å²) in [7, 11) is 3.09. The van der Waals surface area contributed by atoms with Crippen molar-refractivity contribution in [3.63, 3.8) is 0 Å². The van der Waals surface area contributed by atoms with Crippen LogP contribution in [0.2, 0.25) is 0 Å². The lowest BCUT2D eigenvalue weighted by Gasteiger charge is -2.26. The van der Waals surface area contributed by atoms with Gasteiger partial charge in [-0.1, -0.05) is 19.9 Å². The third-order valence-electron chi connectivity index (χ3n) is 4.32. The quantitative estimate of drug-likeness (QED) is 0.776. The molecule has 1 amide bonds. The van der Waals surface area contributed by atoms with Crippen LogP contribution in [0.15, 0.2) is 36.4 Å². The Balaban J connectivity index is 2.15.